The van der Waals surface area contributed by atoms with Gasteiger partial charge in [0.25, 0.3) is 0 Å². The summed E-state index contributed by atoms with van der Waals surface area (Å²) in [5, 5.41) is 5.83. The molecule has 9 heteroatoms. The summed E-state index contributed by atoms with van der Waals surface area (Å²) in [7, 11) is 0. The zero-order chi connectivity index (χ0) is 18.4. The van der Waals surface area contributed by atoms with Gasteiger partial charge < -0.3 is 10.6 Å². The van der Waals surface area contributed by atoms with Gasteiger partial charge in [-0.1, -0.05) is 31.2 Å². The first-order valence-corrected chi connectivity index (χ1v) is 7.86. The number of halogens is 1. The first-order valence-electron chi connectivity index (χ1n) is 7.86. The Balaban J connectivity index is 0.00000338. The number of amides is 5. The molecule has 1 saturated heterocycles. The minimum absolute atomic E-state index is 0. The Bertz CT molecular complexity index is 722. The molecule has 5 amide bonds. The van der Waals surface area contributed by atoms with E-state index in [0.717, 1.165) is 17.0 Å². The normalized spacial score (nSPS) is 13.7. The second-order valence-electron chi connectivity index (χ2n) is 5.36. The number of anilines is 1. The van der Waals surface area contributed by atoms with Crippen LogP contribution in [0.3, 0.4) is 0 Å². The van der Waals surface area contributed by atoms with Gasteiger partial charge in [0.2, 0.25) is 5.91 Å². The molecule has 0 bridgehead atoms. The van der Waals surface area contributed by atoms with E-state index in [1.165, 1.54) is 6.08 Å². The van der Waals surface area contributed by atoms with Gasteiger partial charge in [0, 0.05) is 18.8 Å². The minimum atomic E-state index is -1.01. The maximum absolute atomic E-state index is 12.2. The number of para-hydroxylation sites is 1. The SMILES string of the molecule is C=CCN1C(=O)C(=O)N(CC(=O)Nc2ccccc2CNCC)C1=O.Cl. The van der Waals surface area contributed by atoms with Crippen molar-refractivity contribution in [1.82, 2.24) is 15.1 Å². The summed E-state index contributed by atoms with van der Waals surface area (Å²) in [5.41, 5.74) is 1.46. The second kappa shape index (κ2) is 9.69. The third-order valence-corrected chi connectivity index (χ3v) is 3.61. The molecule has 8 nitrogen and oxygen atoms in total. The molecule has 0 aliphatic carbocycles. The molecule has 0 atom stereocenters. The van der Waals surface area contributed by atoms with Gasteiger partial charge in [-0.05, 0) is 18.2 Å². The molecule has 1 aliphatic rings. The summed E-state index contributed by atoms with van der Waals surface area (Å²) >= 11 is 0. The number of rotatable bonds is 8. The lowest BCUT2D eigenvalue weighted by Crippen LogP contribution is -2.39. The van der Waals surface area contributed by atoms with Gasteiger partial charge in [0.15, 0.2) is 0 Å². The monoisotopic (exact) mass is 380 g/mol. The van der Waals surface area contributed by atoms with E-state index in [1.54, 1.807) is 12.1 Å². The second-order valence-corrected chi connectivity index (χ2v) is 5.36. The predicted molar refractivity (Wildman–Crippen MR) is 98.7 cm³/mol. The average molecular weight is 381 g/mol. The van der Waals surface area contributed by atoms with Crippen molar-refractivity contribution in [1.29, 1.82) is 0 Å². The standard InChI is InChI=1S/C17H20N4O4.ClH/c1-3-9-20-15(23)16(24)21(17(20)25)11-14(22)19-13-8-6-5-7-12(13)10-18-4-2;/h3,5-8,18H,1,4,9-11H2,2H3,(H,19,22);1H. The van der Waals surface area contributed by atoms with Crippen LogP contribution < -0.4 is 10.6 Å². The van der Waals surface area contributed by atoms with Gasteiger partial charge in [0.05, 0.1) is 0 Å². The molecule has 1 aromatic rings. The van der Waals surface area contributed by atoms with Crippen LogP contribution in [0.5, 0.6) is 0 Å². The molecule has 0 aromatic heterocycles. The molecule has 0 radical (unpaired) electrons. The molecule has 140 valence electrons. The topological polar surface area (TPSA) is 98.8 Å². The summed E-state index contributed by atoms with van der Waals surface area (Å²) in [6.45, 7) is 6.15. The first-order chi connectivity index (χ1) is 12.0. The molecule has 2 rings (SSSR count). The zero-order valence-electron chi connectivity index (χ0n) is 14.4. The van der Waals surface area contributed by atoms with Crippen LogP contribution in [0, 0.1) is 0 Å². The van der Waals surface area contributed by atoms with Crippen molar-refractivity contribution in [3.05, 3.63) is 42.5 Å². The Labute approximate surface area is 157 Å². The lowest BCUT2D eigenvalue weighted by molar-refractivity contribution is -0.143. The first kappa shape index (κ1) is 21.3. The summed E-state index contributed by atoms with van der Waals surface area (Å²) in [6, 6.07) is 6.40. The lowest BCUT2D eigenvalue weighted by Gasteiger charge is -2.15. The number of carbonyl (C=O) groups is 4. The van der Waals surface area contributed by atoms with E-state index >= 15 is 0 Å². The summed E-state index contributed by atoms with van der Waals surface area (Å²) in [4.78, 5) is 49.3. The van der Waals surface area contributed by atoms with Crippen molar-refractivity contribution in [2.24, 2.45) is 0 Å². The van der Waals surface area contributed by atoms with Crippen LogP contribution in [0.25, 0.3) is 0 Å². The lowest BCUT2D eigenvalue weighted by atomic mass is 10.1. The predicted octanol–water partition coefficient (Wildman–Crippen LogP) is 1.13. The zero-order valence-corrected chi connectivity index (χ0v) is 15.2. The van der Waals surface area contributed by atoms with Crippen LogP contribution in [0.4, 0.5) is 10.5 Å². The van der Waals surface area contributed by atoms with E-state index in [4.69, 9.17) is 0 Å². The molecule has 1 fully saturated rings. The molecule has 0 saturated carbocycles. The fourth-order valence-electron chi connectivity index (χ4n) is 2.37. The minimum Gasteiger partial charge on any atom is -0.324 e. The van der Waals surface area contributed by atoms with E-state index < -0.39 is 30.3 Å². The highest BCUT2D eigenvalue weighted by Crippen LogP contribution is 2.16. The maximum Gasteiger partial charge on any atom is 0.335 e. The van der Waals surface area contributed by atoms with Crippen LogP contribution in [0.2, 0.25) is 0 Å². The van der Waals surface area contributed by atoms with Gasteiger partial charge >= 0.3 is 17.8 Å². The summed E-state index contributed by atoms with van der Waals surface area (Å²) in [6.07, 6.45) is 1.34. The van der Waals surface area contributed by atoms with E-state index in [2.05, 4.69) is 17.2 Å². The highest BCUT2D eigenvalue weighted by atomic mass is 35.5. The van der Waals surface area contributed by atoms with Gasteiger partial charge in [0.1, 0.15) is 6.54 Å². The van der Waals surface area contributed by atoms with E-state index in [9.17, 15) is 19.2 Å². The van der Waals surface area contributed by atoms with Gasteiger partial charge in [-0.25, -0.2) is 9.69 Å². The fourth-order valence-corrected chi connectivity index (χ4v) is 2.37. The van der Waals surface area contributed by atoms with Gasteiger partial charge in [-0.2, -0.15) is 0 Å². The molecule has 1 aromatic carbocycles. The third-order valence-electron chi connectivity index (χ3n) is 3.61. The number of carbonyl (C=O) groups excluding carboxylic acids is 4. The number of nitrogens with zero attached hydrogens (tertiary/aromatic N) is 2. The quantitative estimate of drug-likeness (QED) is 0.400. The Kier molecular flexibility index (Phi) is 7.95. The van der Waals surface area contributed by atoms with Crippen molar-refractivity contribution >= 4 is 41.8 Å². The van der Waals surface area contributed by atoms with Crippen molar-refractivity contribution in [2.75, 3.05) is 25.0 Å². The summed E-state index contributed by atoms with van der Waals surface area (Å²) < 4.78 is 0. The number of urea groups is 1. The van der Waals surface area contributed by atoms with Crippen LogP contribution in [0.1, 0.15) is 12.5 Å². The van der Waals surface area contributed by atoms with Gasteiger partial charge in [-0.3, -0.25) is 19.3 Å². The van der Waals surface area contributed by atoms with Gasteiger partial charge in [-0.15, -0.1) is 19.0 Å². The Morgan fingerprint density at radius 1 is 1.15 bits per heavy atom. The van der Waals surface area contributed by atoms with E-state index in [1.807, 2.05) is 19.1 Å². The highest BCUT2D eigenvalue weighted by molar-refractivity contribution is 6.45. The Morgan fingerprint density at radius 3 is 2.46 bits per heavy atom. The van der Waals surface area contributed by atoms with Crippen molar-refractivity contribution in [2.45, 2.75) is 13.5 Å². The van der Waals surface area contributed by atoms with Crippen LogP contribution in [-0.2, 0) is 20.9 Å². The highest BCUT2D eigenvalue weighted by Gasteiger charge is 2.44. The smallest absolute Gasteiger partial charge is 0.324 e. The number of hydrogen-bond donors (Lipinski definition) is 2. The molecule has 0 spiro atoms. The van der Waals surface area contributed by atoms with E-state index in [0.29, 0.717) is 17.1 Å². The molecule has 26 heavy (non-hydrogen) atoms. The number of hydrogen-bond acceptors (Lipinski definition) is 5. The molecule has 2 N–H and O–H groups in total. The maximum atomic E-state index is 12.2. The number of nitrogens with one attached hydrogen (secondary N) is 2. The molecular formula is C17H21ClN4O4. The fraction of sp³-hybridized carbons (Fsp3) is 0.294. The number of benzene rings is 1. The van der Waals surface area contributed by atoms with Crippen molar-refractivity contribution in [3.63, 3.8) is 0 Å². The van der Waals surface area contributed by atoms with Crippen molar-refractivity contribution in [3.8, 4) is 0 Å². The van der Waals surface area contributed by atoms with Crippen LogP contribution >= 0.6 is 12.4 Å². The van der Waals surface area contributed by atoms with Crippen LogP contribution in [0.15, 0.2) is 36.9 Å². The Morgan fingerprint density at radius 2 is 1.81 bits per heavy atom. The molecule has 1 aliphatic heterocycles. The Hall–Kier alpha value is -2.71. The third kappa shape index (κ3) is 4.68. The van der Waals surface area contributed by atoms with Crippen LogP contribution in [-0.4, -0.2) is 53.2 Å². The molecule has 1 heterocycles. The van der Waals surface area contributed by atoms with E-state index in [-0.39, 0.29) is 19.0 Å². The summed E-state index contributed by atoms with van der Waals surface area (Å²) in [5.74, 6) is -2.52. The van der Waals surface area contributed by atoms with Crippen molar-refractivity contribution < 1.29 is 19.2 Å². The molecule has 0 unspecified atom stereocenters. The number of imide groups is 2. The largest absolute Gasteiger partial charge is 0.335 e. The average Bonchev–Trinajstić information content (AvgIpc) is 2.79. The molecular weight excluding hydrogens is 360 g/mol.